The lowest BCUT2D eigenvalue weighted by molar-refractivity contribution is -0.120. The van der Waals surface area contributed by atoms with Gasteiger partial charge in [0, 0.05) is 42.6 Å². The SMILES string of the molecule is COc1ccc(SCCC(=O)NCC2CNCC2O)cc1OC. The summed E-state index contributed by atoms with van der Waals surface area (Å²) in [4.78, 5) is 12.9. The Bertz CT molecular complexity index is 527. The van der Waals surface area contributed by atoms with Crippen molar-refractivity contribution in [2.75, 3.05) is 39.6 Å². The summed E-state index contributed by atoms with van der Waals surface area (Å²) in [6.45, 7) is 1.88. The summed E-state index contributed by atoms with van der Waals surface area (Å²) < 4.78 is 10.5. The normalized spacial score (nSPS) is 20.3. The second kappa shape index (κ2) is 9.00. The predicted octanol–water partition coefficient (Wildman–Crippen LogP) is 0.882. The molecule has 6 nitrogen and oxygen atoms in total. The van der Waals surface area contributed by atoms with Crippen LogP contribution in [0.15, 0.2) is 23.1 Å². The van der Waals surface area contributed by atoms with Gasteiger partial charge in [0.1, 0.15) is 0 Å². The molecule has 0 saturated carbocycles. The molecule has 7 heteroatoms. The Balaban J connectivity index is 1.70. The molecule has 0 aliphatic carbocycles. The average Bonchev–Trinajstić information content (AvgIpc) is 2.97. The van der Waals surface area contributed by atoms with E-state index >= 15 is 0 Å². The van der Waals surface area contributed by atoms with Gasteiger partial charge in [-0.25, -0.2) is 0 Å². The van der Waals surface area contributed by atoms with E-state index in [1.165, 1.54) is 0 Å². The number of aliphatic hydroxyl groups excluding tert-OH is 1. The zero-order valence-corrected chi connectivity index (χ0v) is 14.3. The number of nitrogens with one attached hydrogen (secondary N) is 2. The van der Waals surface area contributed by atoms with Crippen molar-refractivity contribution in [3.8, 4) is 11.5 Å². The van der Waals surface area contributed by atoms with E-state index in [0.717, 1.165) is 11.4 Å². The van der Waals surface area contributed by atoms with E-state index in [4.69, 9.17) is 9.47 Å². The quantitative estimate of drug-likeness (QED) is 0.610. The minimum absolute atomic E-state index is 0.0112. The first-order valence-electron chi connectivity index (χ1n) is 7.64. The third kappa shape index (κ3) is 5.30. The zero-order chi connectivity index (χ0) is 16.7. The van der Waals surface area contributed by atoms with Crippen molar-refractivity contribution in [3.63, 3.8) is 0 Å². The third-order valence-corrected chi connectivity index (χ3v) is 4.81. The van der Waals surface area contributed by atoms with Crippen molar-refractivity contribution in [2.24, 2.45) is 5.92 Å². The van der Waals surface area contributed by atoms with Gasteiger partial charge in [0.2, 0.25) is 5.91 Å². The molecule has 1 fully saturated rings. The van der Waals surface area contributed by atoms with Crippen molar-refractivity contribution < 1.29 is 19.4 Å². The van der Waals surface area contributed by atoms with Gasteiger partial charge in [0.05, 0.1) is 20.3 Å². The molecule has 3 N–H and O–H groups in total. The maximum Gasteiger partial charge on any atom is 0.220 e. The van der Waals surface area contributed by atoms with Gasteiger partial charge in [-0.3, -0.25) is 4.79 Å². The molecular formula is C16H24N2O4S. The van der Waals surface area contributed by atoms with Crippen LogP contribution < -0.4 is 20.1 Å². The minimum Gasteiger partial charge on any atom is -0.493 e. The summed E-state index contributed by atoms with van der Waals surface area (Å²) in [5.74, 6) is 2.18. The van der Waals surface area contributed by atoms with Crippen LogP contribution in [0.25, 0.3) is 0 Å². The van der Waals surface area contributed by atoms with Crippen LogP contribution in [0, 0.1) is 5.92 Å². The first-order valence-corrected chi connectivity index (χ1v) is 8.63. The van der Waals surface area contributed by atoms with Gasteiger partial charge < -0.3 is 25.2 Å². The lowest BCUT2D eigenvalue weighted by Gasteiger charge is -2.14. The summed E-state index contributed by atoms with van der Waals surface area (Å²) in [6.07, 6.45) is 0.0753. The first kappa shape index (κ1) is 17.9. The van der Waals surface area contributed by atoms with E-state index in [0.29, 0.717) is 36.8 Å². The van der Waals surface area contributed by atoms with Crippen LogP contribution in [0.1, 0.15) is 6.42 Å². The molecule has 1 amide bonds. The van der Waals surface area contributed by atoms with Gasteiger partial charge >= 0.3 is 0 Å². The van der Waals surface area contributed by atoms with Crippen LogP contribution >= 0.6 is 11.8 Å². The smallest absolute Gasteiger partial charge is 0.220 e. The highest BCUT2D eigenvalue weighted by atomic mass is 32.2. The van der Waals surface area contributed by atoms with Crippen LogP contribution in [0.3, 0.4) is 0 Å². The van der Waals surface area contributed by atoms with Crippen LogP contribution in [0.5, 0.6) is 11.5 Å². The fraction of sp³-hybridized carbons (Fsp3) is 0.562. The van der Waals surface area contributed by atoms with Crippen molar-refractivity contribution in [2.45, 2.75) is 17.4 Å². The summed E-state index contributed by atoms with van der Waals surface area (Å²) >= 11 is 1.60. The molecule has 1 saturated heterocycles. The van der Waals surface area contributed by atoms with Crippen molar-refractivity contribution in [1.29, 1.82) is 0 Å². The van der Waals surface area contributed by atoms with Crippen molar-refractivity contribution in [1.82, 2.24) is 10.6 Å². The molecule has 0 bridgehead atoms. The maximum absolute atomic E-state index is 11.8. The predicted molar refractivity (Wildman–Crippen MR) is 90.3 cm³/mol. The van der Waals surface area contributed by atoms with Crippen LogP contribution in [0.2, 0.25) is 0 Å². The van der Waals surface area contributed by atoms with Gasteiger partial charge in [-0.2, -0.15) is 0 Å². The fourth-order valence-electron chi connectivity index (χ4n) is 2.43. The molecule has 1 aromatic carbocycles. The number of hydrogen-bond donors (Lipinski definition) is 3. The Hall–Kier alpha value is -1.44. The number of carbonyl (C=O) groups excluding carboxylic acids is 1. The molecule has 2 atom stereocenters. The lowest BCUT2D eigenvalue weighted by atomic mass is 10.1. The Kier molecular flexibility index (Phi) is 7.01. The highest BCUT2D eigenvalue weighted by Gasteiger charge is 2.24. The number of hydrogen-bond acceptors (Lipinski definition) is 6. The molecule has 128 valence electrons. The van der Waals surface area contributed by atoms with Crippen molar-refractivity contribution in [3.05, 3.63) is 18.2 Å². The Morgan fingerprint density at radius 2 is 2.13 bits per heavy atom. The number of carbonyl (C=O) groups is 1. The number of amides is 1. The summed E-state index contributed by atoms with van der Waals surface area (Å²) in [6, 6.07) is 5.71. The van der Waals surface area contributed by atoms with Crippen LogP contribution in [0.4, 0.5) is 0 Å². The van der Waals surface area contributed by atoms with E-state index in [9.17, 15) is 9.90 Å². The highest BCUT2D eigenvalue weighted by Crippen LogP contribution is 2.31. The number of rotatable bonds is 8. The number of ether oxygens (including phenoxy) is 2. The maximum atomic E-state index is 11.8. The van der Waals surface area contributed by atoms with Crippen LogP contribution in [-0.2, 0) is 4.79 Å². The fourth-order valence-corrected chi connectivity index (χ4v) is 3.31. The Morgan fingerprint density at radius 1 is 1.35 bits per heavy atom. The molecule has 1 heterocycles. The van der Waals surface area contributed by atoms with E-state index in [2.05, 4.69) is 10.6 Å². The Labute approximate surface area is 140 Å². The van der Waals surface area contributed by atoms with Gasteiger partial charge in [-0.1, -0.05) is 0 Å². The molecule has 0 spiro atoms. The number of benzene rings is 1. The number of methoxy groups -OCH3 is 2. The molecular weight excluding hydrogens is 316 g/mol. The largest absolute Gasteiger partial charge is 0.493 e. The zero-order valence-electron chi connectivity index (χ0n) is 13.5. The number of β-amino-alcohol motifs (C(OH)–C–C–N with tert-alkyl or cyclic N) is 1. The monoisotopic (exact) mass is 340 g/mol. The average molecular weight is 340 g/mol. The standard InChI is InChI=1S/C16H24N2O4S/c1-21-14-4-3-12(7-15(14)22-2)23-6-5-16(20)18-9-11-8-17-10-13(11)19/h3-4,7,11,13,17,19H,5-6,8-10H2,1-2H3,(H,18,20). The second-order valence-electron chi connectivity index (χ2n) is 5.41. The summed E-state index contributed by atoms with van der Waals surface area (Å²) in [5.41, 5.74) is 0. The summed E-state index contributed by atoms with van der Waals surface area (Å²) in [5, 5.41) is 15.7. The molecule has 1 aliphatic rings. The van der Waals surface area contributed by atoms with Gasteiger partial charge in [0.25, 0.3) is 0 Å². The van der Waals surface area contributed by atoms with Crippen LogP contribution in [-0.4, -0.2) is 56.7 Å². The molecule has 2 unspecified atom stereocenters. The molecule has 0 radical (unpaired) electrons. The van der Waals surface area contributed by atoms with E-state index in [-0.39, 0.29) is 17.9 Å². The van der Waals surface area contributed by atoms with Gasteiger partial charge in [0.15, 0.2) is 11.5 Å². The number of aliphatic hydroxyl groups is 1. The topological polar surface area (TPSA) is 79.8 Å². The lowest BCUT2D eigenvalue weighted by Crippen LogP contribution is -2.34. The molecule has 23 heavy (non-hydrogen) atoms. The van der Waals surface area contributed by atoms with E-state index in [1.807, 2.05) is 18.2 Å². The molecule has 1 aliphatic heterocycles. The number of thioether (sulfide) groups is 1. The highest BCUT2D eigenvalue weighted by molar-refractivity contribution is 7.99. The van der Waals surface area contributed by atoms with Crippen molar-refractivity contribution >= 4 is 17.7 Å². The first-order chi connectivity index (χ1) is 11.1. The van der Waals surface area contributed by atoms with Gasteiger partial charge in [-0.15, -0.1) is 11.8 Å². The second-order valence-corrected chi connectivity index (χ2v) is 6.57. The van der Waals surface area contributed by atoms with E-state index < -0.39 is 0 Å². The third-order valence-electron chi connectivity index (χ3n) is 3.82. The molecule has 0 aromatic heterocycles. The molecule has 2 rings (SSSR count). The van der Waals surface area contributed by atoms with Gasteiger partial charge in [-0.05, 0) is 18.2 Å². The molecule has 1 aromatic rings. The minimum atomic E-state index is -0.364. The summed E-state index contributed by atoms with van der Waals surface area (Å²) in [7, 11) is 3.21. The van der Waals surface area contributed by atoms with E-state index in [1.54, 1.807) is 26.0 Å². The Morgan fingerprint density at radius 3 is 2.78 bits per heavy atom.